The van der Waals surface area contributed by atoms with Crippen molar-refractivity contribution in [2.75, 3.05) is 13.2 Å². The van der Waals surface area contributed by atoms with Gasteiger partial charge in [-0.2, -0.15) is 0 Å². The molecule has 0 rings (SSSR count). The highest BCUT2D eigenvalue weighted by Crippen LogP contribution is 2.14. The van der Waals surface area contributed by atoms with Gasteiger partial charge in [-0.3, -0.25) is 14.4 Å². The van der Waals surface area contributed by atoms with Crippen LogP contribution in [0.4, 0.5) is 0 Å². The Kier molecular flexibility index (Phi) is 40.9. The molecule has 0 saturated heterocycles. The van der Waals surface area contributed by atoms with Crippen molar-refractivity contribution in [1.82, 2.24) is 0 Å². The summed E-state index contributed by atoms with van der Waals surface area (Å²) in [5.74, 6) is -0.901. The van der Waals surface area contributed by atoms with Gasteiger partial charge in [-0.15, -0.1) is 0 Å². The first-order valence-corrected chi connectivity index (χ1v) is 22.8. The minimum atomic E-state index is -0.774. The van der Waals surface area contributed by atoms with Crippen LogP contribution < -0.4 is 0 Å². The second-order valence-corrected chi connectivity index (χ2v) is 15.3. The highest BCUT2D eigenvalue weighted by Gasteiger charge is 2.19. The van der Waals surface area contributed by atoms with Crippen molar-refractivity contribution >= 4 is 17.9 Å². The summed E-state index contributed by atoms with van der Waals surface area (Å²) in [6.45, 7) is 6.57. The minimum absolute atomic E-state index is 0.0767. The Hall–Kier alpha value is -2.11. The van der Waals surface area contributed by atoms with E-state index in [0.717, 1.165) is 83.5 Å². The molecule has 0 bridgehead atoms. The molecule has 0 heterocycles. The number of esters is 3. The van der Waals surface area contributed by atoms with Crippen LogP contribution in [0.15, 0.2) is 24.3 Å². The molecule has 0 fully saturated rings. The fourth-order valence-corrected chi connectivity index (χ4v) is 6.43. The summed E-state index contributed by atoms with van der Waals surface area (Å²) in [5.41, 5.74) is 0. The molecular formula is C47H86O6. The summed E-state index contributed by atoms with van der Waals surface area (Å²) in [5, 5.41) is 0. The Morgan fingerprint density at radius 3 is 1.00 bits per heavy atom. The molecule has 1 atom stereocenters. The second-order valence-electron chi connectivity index (χ2n) is 15.3. The highest BCUT2D eigenvalue weighted by molar-refractivity contribution is 5.71. The van der Waals surface area contributed by atoms with Crippen LogP contribution in [-0.2, 0) is 28.6 Å². The van der Waals surface area contributed by atoms with E-state index in [0.29, 0.717) is 19.3 Å². The number of ether oxygens (including phenoxy) is 3. The van der Waals surface area contributed by atoms with Crippen LogP contribution in [0.25, 0.3) is 0 Å². The molecule has 0 N–H and O–H groups in total. The monoisotopic (exact) mass is 747 g/mol. The minimum Gasteiger partial charge on any atom is -0.462 e. The van der Waals surface area contributed by atoms with Crippen LogP contribution in [0, 0.1) is 0 Å². The highest BCUT2D eigenvalue weighted by atomic mass is 16.6. The van der Waals surface area contributed by atoms with E-state index in [1.54, 1.807) is 0 Å². The molecule has 0 aromatic heterocycles. The first-order valence-electron chi connectivity index (χ1n) is 22.8. The lowest BCUT2D eigenvalue weighted by molar-refractivity contribution is -0.167. The van der Waals surface area contributed by atoms with Crippen molar-refractivity contribution in [2.45, 2.75) is 245 Å². The number of carbonyl (C=O) groups excluding carboxylic acids is 3. The largest absolute Gasteiger partial charge is 0.462 e. The molecule has 0 amide bonds. The van der Waals surface area contributed by atoms with E-state index in [1.807, 2.05) is 0 Å². The van der Waals surface area contributed by atoms with E-state index in [1.165, 1.54) is 116 Å². The van der Waals surface area contributed by atoms with Gasteiger partial charge in [-0.25, -0.2) is 0 Å². The number of unbranched alkanes of at least 4 members (excludes halogenated alkanes) is 26. The molecule has 6 nitrogen and oxygen atoms in total. The quantitative estimate of drug-likeness (QED) is 0.0268. The molecule has 0 radical (unpaired) electrons. The van der Waals surface area contributed by atoms with Crippen molar-refractivity contribution in [3.8, 4) is 0 Å². The van der Waals surface area contributed by atoms with Gasteiger partial charge in [0.05, 0.1) is 0 Å². The fourth-order valence-electron chi connectivity index (χ4n) is 6.43. The van der Waals surface area contributed by atoms with E-state index in [9.17, 15) is 14.4 Å². The van der Waals surface area contributed by atoms with Gasteiger partial charge in [-0.05, 0) is 70.6 Å². The fraction of sp³-hybridized carbons (Fsp3) is 0.851. The molecular weight excluding hydrogens is 661 g/mol. The molecule has 0 aromatic carbocycles. The van der Waals surface area contributed by atoms with Crippen molar-refractivity contribution < 1.29 is 28.6 Å². The Labute approximate surface area is 328 Å². The second kappa shape index (κ2) is 42.6. The third-order valence-electron chi connectivity index (χ3n) is 9.93. The van der Waals surface area contributed by atoms with Gasteiger partial charge in [-0.1, -0.05) is 173 Å². The van der Waals surface area contributed by atoms with Crippen LogP contribution >= 0.6 is 0 Å². The maximum Gasteiger partial charge on any atom is 0.306 e. The van der Waals surface area contributed by atoms with E-state index >= 15 is 0 Å². The number of hydrogen-bond donors (Lipinski definition) is 0. The standard InChI is InChI=1S/C47H86O6/c1-4-7-10-13-16-19-22-24-26-28-31-34-37-40-46(49)52-43-44(42-51-45(48)39-36-33-30-27-21-18-15-12-9-6-3)53-47(50)41-38-35-32-29-25-23-20-17-14-11-8-5-2/h17,20,24,26,44H,4-16,18-19,21-23,25,27-43H2,1-3H3/b20-17-,26-24-. The molecule has 0 aliphatic heterocycles. The van der Waals surface area contributed by atoms with Gasteiger partial charge in [0, 0.05) is 19.3 Å². The smallest absolute Gasteiger partial charge is 0.306 e. The third-order valence-corrected chi connectivity index (χ3v) is 9.93. The van der Waals surface area contributed by atoms with Gasteiger partial charge < -0.3 is 14.2 Å². The van der Waals surface area contributed by atoms with E-state index < -0.39 is 6.10 Å². The average molecular weight is 747 g/mol. The molecule has 6 heteroatoms. The third kappa shape index (κ3) is 40.9. The SMILES string of the molecule is CCCCC/C=C\CCCCCCCC(=O)OC(COC(=O)CCCCC/C=C\CCCCCCCC)COC(=O)CCCCCCCCCCCC. The van der Waals surface area contributed by atoms with Crippen LogP contribution in [0.1, 0.15) is 239 Å². The molecule has 0 spiro atoms. The van der Waals surface area contributed by atoms with Crippen LogP contribution in [0.3, 0.4) is 0 Å². The summed E-state index contributed by atoms with van der Waals surface area (Å²) < 4.78 is 16.7. The van der Waals surface area contributed by atoms with Gasteiger partial charge >= 0.3 is 17.9 Å². The first-order chi connectivity index (χ1) is 26.0. The maximum absolute atomic E-state index is 12.7. The Morgan fingerprint density at radius 1 is 0.358 bits per heavy atom. The summed E-state index contributed by atoms with van der Waals surface area (Å²) in [4.78, 5) is 37.7. The van der Waals surface area contributed by atoms with Crippen molar-refractivity contribution in [2.24, 2.45) is 0 Å². The number of carbonyl (C=O) groups is 3. The van der Waals surface area contributed by atoms with E-state index in [4.69, 9.17) is 14.2 Å². The van der Waals surface area contributed by atoms with Gasteiger partial charge in [0.1, 0.15) is 13.2 Å². The predicted octanol–water partition coefficient (Wildman–Crippen LogP) is 14.4. The zero-order valence-electron chi connectivity index (χ0n) is 35.3. The number of hydrogen-bond acceptors (Lipinski definition) is 6. The average Bonchev–Trinajstić information content (AvgIpc) is 3.15. The lowest BCUT2D eigenvalue weighted by atomic mass is 10.1. The first kappa shape index (κ1) is 50.9. The molecule has 310 valence electrons. The van der Waals surface area contributed by atoms with E-state index in [-0.39, 0.29) is 31.1 Å². The van der Waals surface area contributed by atoms with Crippen LogP contribution in [-0.4, -0.2) is 37.2 Å². The Balaban J connectivity index is 4.38. The topological polar surface area (TPSA) is 78.9 Å². The maximum atomic E-state index is 12.7. The van der Waals surface area contributed by atoms with Crippen molar-refractivity contribution in [3.05, 3.63) is 24.3 Å². The molecule has 0 aliphatic rings. The number of rotatable bonds is 41. The lowest BCUT2D eigenvalue weighted by Crippen LogP contribution is -2.30. The zero-order valence-corrected chi connectivity index (χ0v) is 35.3. The predicted molar refractivity (Wildman–Crippen MR) is 224 cm³/mol. The van der Waals surface area contributed by atoms with Crippen LogP contribution in [0.2, 0.25) is 0 Å². The Morgan fingerprint density at radius 2 is 0.623 bits per heavy atom. The van der Waals surface area contributed by atoms with Crippen molar-refractivity contribution in [3.63, 3.8) is 0 Å². The molecule has 0 aliphatic carbocycles. The molecule has 0 saturated carbocycles. The molecule has 1 unspecified atom stereocenters. The van der Waals surface area contributed by atoms with Gasteiger partial charge in [0.25, 0.3) is 0 Å². The lowest BCUT2D eigenvalue weighted by Gasteiger charge is -2.18. The normalized spacial score (nSPS) is 12.1. The molecule has 0 aromatic rings. The summed E-state index contributed by atoms with van der Waals surface area (Å²) in [7, 11) is 0. The van der Waals surface area contributed by atoms with Gasteiger partial charge in [0.2, 0.25) is 0 Å². The Bertz CT molecular complexity index is 865. The summed E-state index contributed by atoms with van der Waals surface area (Å²) in [6.07, 6.45) is 45.8. The zero-order chi connectivity index (χ0) is 38.7. The van der Waals surface area contributed by atoms with Gasteiger partial charge in [0.15, 0.2) is 6.10 Å². The van der Waals surface area contributed by atoms with Crippen molar-refractivity contribution in [1.29, 1.82) is 0 Å². The molecule has 53 heavy (non-hydrogen) atoms. The summed E-state index contributed by atoms with van der Waals surface area (Å²) >= 11 is 0. The van der Waals surface area contributed by atoms with Crippen LogP contribution in [0.5, 0.6) is 0 Å². The number of allylic oxidation sites excluding steroid dienone is 4. The van der Waals surface area contributed by atoms with E-state index in [2.05, 4.69) is 45.1 Å². The summed E-state index contributed by atoms with van der Waals surface area (Å²) in [6, 6.07) is 0.